The van der Waals surface area contributed by atoms with Crippen molar-refractivity contribution < 1.29 is 14.3 Å². The second kappa shape index (κ2) is 11.3. The molecule has 194 valence electrons. The number of aryl methyl sites for hydroxylation is 3. The summed E-state index contributed by atoms with van der Waals surface area (Å²) in [7, 11) is 1.41. The SMILES string of the molecule is CCCc1cc(-c2c3ccccc3c(Br)c3sc(C)c(C)c23)ccc1OC(Cc1ccccc1)C(=O)OC. The van der Waals surface area contributed by atoms with Gasteiger partial charge in [0.1, 0.15) is 5.75 Å². The van der Waals surface area contributed by atoms with Crippen LogP contribution in [0.5, 0.6) is 5.75 Å². The highest BCUT2D eigenvalue weighted by molar-refractivity contribution is 9.11. The van der Waals surface area contributed by atoms with E-state index in [0.717, 1.165) is 39.8 Å². The summed E-state index contributed by atoms with van der Waals surface area (Å²) < 4.78 is 13.9. The molecule has 5 heteroatoms. The van der Waals surface area contributed by atoms with Crippen molar-refractivity contribution in [3.8, 4) is 16.9 Å². The van der Waals surface area contributed by atoms with Crippen molar-refractivity contribution >= 4 is 54.1 Å². The zero-order chi connectivity index (χ0) is 26.8. The molecule has 0 aliphatic heterocycles. The number of ether oxygens (including phenoxy) is 2. The van der Waals surface area contributed by atoms with Gasteiger partial charge in [-0.2, -0.15) is 0 Å². The van der Waals surface area contributed by atoms with Crippen molar-refractivity contribution in [1.82, 2.24) is 0 Å². The first kappa shape index (κ1) is 26.5. The molecule has 5 aromatic rings. The molecule has 38 heavy (non-hydrogen) atoms. The van der Waals surface area contributed by atoms with Gasteiger partial charge in [0.05, 0.1) is 11.8 Å². The summed E-state index contributed by atoms with van der Waals surface area (Å²) in [5, 5.41) is 3.73. The molecule has 0 aliphatic carbocycles. The summed E-state index contributed by atoms with van der Waals surface area (Å²) in [5.41, 5.74) is 5.85. The molecule has 4 aromatic carbocycles. The van der Waals surface area contributed by atoms with Crippen molar-refractivity contribution in [2.75, 3.05) is 7.11 Å². The van der Waals surface area contributed by atoms with Crippen molar-refractivity contribution in [3.05, 3.63) is 98.8 Å². The Kier molecular flexibility index (Phi) is 7.87. The number of methoxy groups -OCH3 is 1. The van der Waals surface area contributed by atoms with E-state index in [2.05, 4.69) is 73.1 Å². The minimum atomic E-state index is -0.717. The number of benzene rings is 4. The van der Waals surface area contributed by atoms with Gasteiger partial charge in [-0.15, -0.1) is 11.3 Å². The standard InChI is InChI=1S/C33H31BrO3S/c1-5-11-23-19-24(16-17-27(23)37-28(33(35)36-4)18-22-12-7-6-8-13-22)30-25-14-9-10-15-26(25)31(34)32-29(30)20(2)21(3)38-32/h6-10,12-17,19,28H,5,11,18H2,1-4H3. The Morgan fingerprint density at radius 2 is 1.68 bits per heavy atom. The normalized spacial score (nSPS) is 12.1. The highest BCUT2D eigenvalue weighted by Gasteiger charge is 2.24. The number of halogens is 1. The van der Waals surface area contributed by atoms with E-state index in [-0.39, 0.29) is 5.97 Å². The lowest BCUT2D eigenvalue weighted by Gasteiger charge is -2.21. The van der Waals surface area contributed by atoms with Crippen LogP contribution in [0.3, 0.4) is 0 Å². The number of hydrogen-bond donors (Lipinski definition) is 0. The van der Waals surface area contributed by atoms with Crippen molar-refractivity contribution in [3.63, 3.8) is 0 Å². The molecule has 0 amide bonds. The van der Waals surface area contributed by atoms with Gasteiger partial charge in [0.15, 0.2) is 6.10 Å². The highest BCUT2D eigenvalue weighted by Crippen LogP contribution is 2.47. The lowest BCUT2D eigenvalue weighted by Crippen LogP contribution is -2.31. The van der Waals surface area contributed by atoms with Gasteiger partial charge in [-0.05, 0) is 86.9 Å². The number of thiophene rings is 1. The zero-order valence-corrected chi connectivity index (χ0v) is 24.5. The van der Waals surface area contributed by atoms with Crippen molar-refractivity contribution in [2.24, 2.45) is 0 Å². The second-order valence-corrected chi connectivity index (χ2v) is 11.6. The molecule has 1 heterocycles. The summed E-state index contributed by atoms with van der Waals surface area (Å²) in [6, 6.07) is 24.9. The van der Waals surface area contributed by atoms with E-state index in [9.17, 15) is 4.79 Å². The van der Waals surface area contributed by atoms with E-state index in [1.165, 1.54) is 44.0 Å². The van der Waals surface area contributed by atoms with E-state index in [1.54, 1.807) is 0 Å². The third-order valence-corrected chi connectivity index (χ3v) is 9.44. The van der Waals surface area contributed by atoms with E-state index in [4.69, 9.17) is 9.47 Å². The second-order valence-electron chi connectivity index (χ2n) is 9.61. The molecule has 1 atom stereocenters. The fraction of sp³-hybridized carbons (Fsp3) is 0.242. The summed E-state index contributed by atoms with van der Waals surface area (Å²) >= 11 is 5.75. The Balaban J connectivity index is 1.64. The van der Waals surface area contributed by atoms with Crippen LogP contribution < -0.4 is 4.74 Å². The molecule has 0 N–H and O–H groups in total. The first-order chi connectivity index (χ1) is 18.4. The minimum absolute atomic E-state index is 0.370. The molecule has 0 saturated carbocycles. The number of hydrogen-bond acceptors (Lipinski definition) is 4. The van der Waals surface area contributed by atoms with Gasteiger partial charge >= 0.3 is 5.97 Å². The number of esters is 1. The van der Waals surface area contributed by atoms with Gasteiger partial charge in [0.25, 0.3) is 0 Å². The third kappa shape index (κ3) is 4.97. The van der Waals surface area contributed by atoms with Crippen LogP contribution in [-0.4, -0.2) is 19.2 Å². The maximum Gasteiger partial charge on any atom is 0.347 e. The number of fused-ring (bicyclic) bond motifs is 2. The topological polar surface area (TPSA) is 35.5 Å². The van der Waals surface area contributed by atoms with E-state index >= 15 is 0 Å². The third-order valence-electron chi connectivity index (χ3n) is 7.13. The van der Waals surface area contributed by atoms with E-state index in [1.807, 2.05) is 47.7 Å². The molecule has 0 saturated heterocycles. The van der Waals surface area contributed by atoms with Crippen LogP contribution in [-0.2, 0) is 22.4 Å². The maximum atomic E-state index is 12.7. The summed E-state index contributed by atoms with van der Waals surface area (Å²) in [4.78, 5) is 14.0. The molecule has 0 bridgehead atoms. The molecule has 0 radical (unpaired) electrons. The predicted molar refractivity (Wildman–Crippen MR) is 163 cm³/mol. The Hall–Kier alpha value is -3.15. The average Bonchev–Trinajstić information content (AvgIpc) is 3.24. The van der Waals surface area contributed by atoms with Crippen LogP contribution in [0.2, 0.25) is 0 Å². The molecule has 1 aromatic heterocycles. The molecule has 3 nitrogen and oxygen atoms in total. The van der Waals surface area contributed by atoms with Gasteiger partial charge in [-0.25, -0.2) is 4.79 Å². The van der Waals surface area contributed by atoms with Crippen molar-refractivity contribution in [1.29, 1.82) is 0 Å². The van der Waals surface area contributed by atoms with Gasteiger partial charge < -0.3 is 9.47 Å². The first-order valence-corrected chi connectivity index (χ1v) is 14.6. The molecule has 0 fully saturated rings. The molecule has 5 rings (SSSR count). The van der Waals surface area contributed by atoms with Crippen LogP contribution in [0.15, 0.2) is 77.3 Å². The lowest BCUT2D eigenvalue weighted by atomic mass is 9.91. The molecular weight excluding hydrogens is 556 g/mol. The van der Waals surface area contributed by atoms with Crippen LogP contribution in [0, 0.1) is 13.8 Å². The largest absolute Gasteiger partial charge is 0.478 e. The Morgan fingerprint density at radius 1 is 0.974 bits per heavy atom. The van der Waals surface area contributed by atoms with E-state index in [0.29, 0.717) is 6.42 Å². The molecule has 1 unspecified atom stereocenters. The van der Waals surface area contributed by atoms with E-state index < -0.39 is 6.10 Å². The van der Waals surface area contributed by atoms with Gasteiger partial charge in [0.2, 0.25) is 0 Å². The predicted octanol–water partition coefficient (Wildman–Crippen LogP) is 9.22. The van der Waals surface area contributed by atoms with Crippen LogP contribution in [0.25, 0.3) is 32.0 Å². The monoisotopic (exact) mass is 586 g/mol. The summed E-state index contributed by atoms with van der Waals surface area (Å²) in [6.45, 7) is 6.58. The Labute approximate surface area is 236 Å². The zero-order valence-electron chi connectivity index (χ0n) is 22.1. The highest BCUT2D eigenvalue weighted by atomic mass is 79.9. The Morgan fingerprint density at radius 3 is 2.39 bits per heavy atom. The van der Waals surface area contributed by atoms with Gasteiger partial charge in [0, 0.05) is 21.2 Å². The number of carbonyl (C=O) groups excluding carboxylic acids is 1. The fourth-order valence-electron chi connectivity index (χ4n) is 5.13. The minimum Gasteiger partial charge on any atom is -0.478 e. The van der Waals surface area contributed by atoms with Crippen molar-refractivity contribution in [2.45, 2.75) is 46.1 Å². The quantitative estimate of drug-likeness (QED) is 0.170. The Bertz CT molecular complexity index is 1620. The lowest BCUT2D eigenvalue weighted by molar-refractivity contribution is -0.148. The van der Waals surface area contributed by atoms with Crippen LogP contribution in [0.4, 0.5) is 0 Å². The van der Waals surface area contributed by atoms with Gasteiger partial charge in [-0.3, -0.25) is 0 Å². The summed E-state index contributed by atoms with van der Waals surface area (Å²) in [6.07, 6.45) is 1.55. The molecule has 0 spiro atoms. The molecule has 0 aliphatic rings. The smallest absolute Gasteiger partial charge is 0.347 e. The molecular formula is C33H31BrO3S. The average molecular weight is 588 g/mol. The summed E-state index contributed by atoms with van der Waals surface area (Å²) in [5.74, 6) is 0.364. The number of carbonyl (C=O) groups is 1. The van der Waals surface area contributed by atoms with Crippen LogP contribution in [0.1, 0.15) is 34.9 Å². The maximum absolute atomic E-state index is 12.7. The van der Waals surface area contributed by atoms with Gasteiger partial charge in [-0.1, -0.05) is 74.0 Å². The number of rotatable bonds is 8. The fourth-order valence-corrected chi connectivity index (χ4v) is 7.04. The van der Waals surface area contributed by atoms with Crippen LogP contribution >= 0.6 is 27.3 Å². The first-order valence-electron chi connectivity index (χ1n) is 12.9.